The first-order valence-electron chi connectivity index (χ1n) is 9.08. The lowest BCUT2D eigenvalue weighted by Gasteiger charge is -2.19. The Morgan fingerprint density at radius 1 is 1.14 bits per heavy atom. The van der Waals surface area contributed by atoms with Crippen molar-refractivity contribution in [2.24, 2.45) is 0 Å². The second kappa shape index (κ2) is 7.44. The molecule has 0 amide bonds. The smallest absolute Gasteiger partial charge is 0.222 e. The summed E-state index contributed by atoms with van der Waals surface area (Å²) in [6, 6.07) is 18.6. The van der Waals surface area contributed by atoms with Crippen LogP contribution in [0.5, 0.6) is 0 Å². The summed E-state index contributed by atoms with van der Waals surface area (Å²) in [6.07, 6.45) is 1.36. The number of nitrogens with two attached hydrogens (primary N) is 1. The van der Waals surface area contributed by atoms with Crippen molar-refractivity contribution < 1.29 is 0 Å². The number of nitrogens with one attached hydrogen (secondary N) is 2. The van der Waals surface area contributed by atoms with Crippen molar-refractivity contribution in [3.8, 4) is 17.3 Å². The summed E-state index contributed by atoms with van der Waals surface area (Å²) < 4.78 is 0. The van der Waals surface area contributed by atoms with Gasteiger partial charge in [0.1, 0.15) is 17.5 Å². The van der Waals surface area contributed by atoms with E-state index in [4.69, 9.17) is 5.73 Å². The Labute approximate surface area is 166 Å². The van der Waals surface area contributed by atoms with Crippen LogP contribution in [-0.2, 0) is 0 Å². The molecule has 0 saturated carbocycles. The van der Waals surface area contributed by atoms with Gasteiger partial charge in [-0.3, -0.25) is 4.79 Å². The Hall–Kier alpha value is -4.18. The van der Waals surface area contributed by atoms with Gasteiger partial charge >= 0.3 is 0 Å². The van der Waals surface area contributed by atoms with Crippen LogP contribution >= 0.6 is 0 Å². The number of pyridine rings is 1. The molecule has 0 aliphatic rings. The summed E-state index contributed by atoms with van der Waals surface area (Å²) in [6.45, 7) is 1.85. The molecule has 7 nitrogen and oxygen atoms in total. The van der Waals surface area contributed by atoms with Crippen LogP contribution in [0, 0.1) is 11.3 Å². The molecular weight excluding hydrogens is 364 g/mol. The molecule has 1 unspecified atom stereocenters. The second-order valence-electron chi connectivity index (χ2n) is 6.62. The van der Waals surface area contributed by atoms with E-state index in [0.717, 1.165) is 16.8 Å². The van der Waals surface area contributed by atoms with Crippen LogP contribution in [0.25, 0.3) is 22.2 Å². The molecule has 0 saturated heterocycles. The highest BCUT2D eigenvalue weighted by molar-refractivity contribution is 5.83. The molecule has 0 spiro atoms. The molecule has 1 atom stereocenters. The van der Waals surface area contributed by atoms with Crippen molar-refractivity contribution in [3.63, 3.8) is 0 Å². The van der Waals surface area contributed by atoms with Crippen LogP contribution in [0.15, 0.2) is 65.6 Å². The van der Waals surface area contributed by atoms with E-state index in [1.54, 1.807) is 6.07 Å². The maximum absolute atomic E-state index is 13.4. The third-order valence-corrected chi connectivity index (χ3v) is 4.72. The first kappa shape index (κ1) is 18.2. The van der Waals surface area contributed by atoms with Crippen molar-refractivity contribution in [2.75, 3.05) is 11.1 Å². The van der Waals surface area contributed by atoms with Gasteiger partial charge in [-0.1, -0.05) is 42.5 Å². The molecular formula is C22H18N6O. The summed E-state index contributed by atoms with van der Waals surface area (Å²) in [7, 11) is 0. The third kappa shape index (κ3) is 3.39. The van der Waals surface area contributed by atoms with Crippen LogP contribution in [0.3, 0.4) is 0 Å². The molecule has 7 heteroatoms. The number of para-hydroxylation sites is 1. The third-order valence-electron chi connectivity index (χ3n) is 4.72. The number of fused-ring (bicyclic) bond motifs is 1. The monoisotopic (exact) mass is 382 g/mol. The summed E-state index contributed by atoms with van der Waals surface area (Å²) in [5.41, 5.74) is 8.77. The summed E-state index contributed by atoms with van der Waals surface area (Å²) in [4.78, 5) is 24.8. The molecule has 142 valence electrons. The van der Waals surface area contributed by atoms with E-state index in [1.807, 2.05) is 61.5 Å². The van der Waals surface area contributed by atoms with E-state index in [2.05, 4.69) is 20.3 Å². The van der Waals surface area contributed by atoms with Gasteiger partial charge in [-0.25, -0.2) is 4.98 Å². The molecule has 4 rings (SSSR count). The summed E-state index contributed by atoms with van der Waals surface area (Å²) in [5.74, 6) is 0.341. The number of aromatic amines is 1. The second-order valence-corrected chi connectivity index (χ2v) is 6.62. The van der Waals surface area contributed by atoms with E-state index in [0.29, 0.717) is 16.8 Å². The minimum Gasteiger partial charge on any atom is -0.368 e. The highest BCUT2D eigenvalue weighted by Gasteiger charge is 2.20. The Morgan fingerprint density at radius 2 is 1.86 bits per heavy atom. The normalized spacial score (nSPS) is 11.7. The highest BCUT2D eigenvalue weighted by atomic mass is 16.1. The van der Waals surface area contributed by atoms with E-state index in [-0.39, 0.29) is 16.9 Å². The molecule has 2 aromatic carbocycles. The molecule has 0 aliphatic carbocycles. The van der Waals surface area contributed by atoms with Gasteiger partial charge in [0.05, 0.1) is 17.9 Å². The lowest BCUT2D eigenvalue weighted by Crippen LogP contribution is -2.21. The number of hydrogen-bond donors (Lipinski definition) is 3. The zero-order valence-corrected chi connectivity index (χ0v) is 15.7. The number of hydrogen-bond acceptors (Lipinski definition) is 6. The SMILES string of the molecule is CC(Nc1nc(N)ncc1C#N)c1c(-c2ccccc2)[nH]c2ccccc2c1=O. The Morgan fingerprint density at radius 3 is 2.62 bits per heavy atom. The topological polar surface area (TPSA) is 120 Å². The molecule has 0 radical (unpaired) electrons. The quantitative estimate of drug-likeness (QED) is 0.496. The van der Waals surface area contributed by atoms with Gasteiger partial charge in [0, 0.05) is 16.5 Å². The van der Waals surface area contributed by atoms with Crippen LogP contribution in [-0.4, -0.2) is 15.0 Å². The first-order valence-corrected chi connectivity index (χ1v) is 9.08. The predicted molar refractivity (Wildman–Crippen MR) is 113 cm³/mol. The van der Waals surface area contributed by atoms with Gasteiger partial charge in [0.25, 0.3) is 0 Å². The highest BCUT2D eigenvalue weighted by Crippen LogP contribution is 2.28. The maximum Gasteiger partial charge on any atom is 0.222 e. The molecule has 0 aliphatic heterocycles. The number of anilines is 2. The first-order chi connectivity index (χ1) is 14.1. The van der Waals surface area contributed by atoms with Crippen molar-refractivity contribution in [2.45, 2.75) is 13.0 Å². The van der Waals surface area contributed by atoms with Gasteiger partial charge in [-0.2, -0.15) is 10.2 Å². The van der Waals surface area contributed by atoms with E-state index < -0.39 is 6.04 Å². The molecule has 4 aromatic rings. The van der Waals surface area contributed by atoms with Gasteiger partial charge in [-0.15, -0.1) is 0 Å². The maximum atomic E-state index is 13.4. The average molecular weight is 382 g/mol. The molecule has 29 heavy (non-hydrogen) atoms. The number of benzene rings is 2. The lowest BCUT2D eigenvalue weighted by molar-refractivity contribution is 0.862. The minimum absolute atomic E-state index is 0.0504. The fourth-order valence-corrected chi connectivity index (χ4v) is 3.36. The van der Waals surface area contributed by atoms with Gasteiger partial charge in [0.15, 0.2) is 5.43 Å². The fourth-order valence-electron chi connectivity index (χ4n) is 3.36. The van der Waals surface area contributed by atoms with Gasteiger partial charge < -0.3 is 16.0 Å². The largest absolute Gasteiger partial charge is 0.368 e. The van der Waals surface area contributed by atoms with Crippen molar-refractivity contribution in [1.29, 1.82) is 5.26 Å². The number of nitrogens with zero attached hydrogens (tertiary/aromatic N) is 3. The zero-order valence-electron chi connectivity index (χ0n) is 15.7. The van der Waals surface area contributed by atoms with Gasteiger partial charge in [0.2, 0.25) is 5.95 Å². The van der Waals surface area contributed by atoms with Crippen molar-refractivity contribution in [3.05, 3.63) is 82.1 Å². The van der Waals surface area contributed by atoms with Crippen molar-refractivity contribution in [1.82, 2.24) is 15.0 Å². The van der Waals surface area contributed by atoms with E-state index in [9.17, 15) is 10.1 Å². The molecule has 0 fully saturated rings. The molecule has 2 aromatic heterocycles. The van der Waals surface area contributed by atoms with Crippen LogP contribution < -0.4 is 16.5 Å². The Balaban J connectivity index is 1.90. The van der Waals surface area contributed by atoms with Crippen LogP contribution in [0.2, 0.25) is 0 Å². The number of H-pyrrole nitrogens is 1. The molecule has 2 heterocycles. The lowest BCUT2D eigenvalue weighted by atomic mass is 9.98. The van der Waals surface area contributed by atoms with Crippen LogP contribution in [0.4, 0.5) is 11.8 Å². The fraction of sp³-hybridized carbons (Fsp3) is 0.0909. The Kier molecular flexibility index (Phi) is 4.67. The van der Waals surface area contributed by atoms with Crippen molar-refractivity contribution >= 4 is 22.7 Å². The van der Waals surface area contributed by atoms with E-state index >= 15 is 0 Å². The summed E-state index contributed by atoms with van der Waals surface area (Å²) in [5, 5.41) is 13.1. The Bertz CT molecular complexity index is 1290. The standard InChI is InChI=1S/C22H18N6O/c1-13(26-21-15(11-23)12-25-22(24)28-21)18-19(14-7-3-2-4-8-14)27-17-10-6-5-9-16(17)20(18)29/h2-10,12-13H,1H3,(H,27,29)(H3,24,25,26,28). The minimum atomic E-state index is -0.444. The summed E-state index contributed by atoms with van der Waals surface area (Å²) >= 11 is 0. The zero-order chi connectivity index (χ0) is 20.4. The predicted octanol–water partition coefficient (Wildman–Crippen LogP) is 3.61. The van der Waals surface area contributed by atoms with Crippen LogP contribution in [0.1, 0.15) is 24.1 Å². The van der Waals surface area contributed by atoms with Gasteiger partial charge in [-0.05, 0) is 24.6 Å². The number of rotatable bonds is 4. The molecule has 4 N–H and O–H groups in total. The number of aromatic nitrogens is 3. The molecule has 0 bridgehead atoms. The average Bonchev–Trinajstić information content (AvgIpc) is 2.74. The number of nitriles is 1. The van der Waals surface area contributed by atoms with E-state index in [1.165, 1.54) is 6.20 Å². The number of nitrogen functional groups attached to an aromatic ring is 1.